The molecule has 0 bridgehead atoms. The summed E-state index contributed by atoms with van der Waals surface area (Å²) >= 11 is 0. The van der Waals surface area contributed by atoms with Crippen LogP contribution in [0.4, 0.5) is 0 Å². The fourth-order valence-electron chi connectivity index (χ4n) is 2.23. The molecule has 5 nitrogen and oxygen atoms in total. The third-order valence-electron chi connectivity index (χ3n) is 3.34. The van der Waals surface area contributed by atoms with Crippen LogP contribution < -0.4 is 5.32 Å². The molecule has 108 valence electrons. The molecule has 1 aromatic carbocycles. The first-order valence-electron chi connectivity index (χ1n) is 6.51. The second kappa shape index (κ2) is 6.07. The summed E-state index contributed by atoms with van der Waals surface area (Å²) in [7, 11) is 1.30. The van der Waals surface area contributed by atoms with Gasteiger partial charge in [-0.1, -0.05) is 18.2 Å². The number of hydrogen-bond acceptors (Lipinski definition) is 5. The minimum atomic E-state index is -0.832. The highest BCUT2D eigenvalue weighted by Gasteiger charge is 2.24. The molecule has 2 atom stereocenters. The Labute approximate surface area is 117 Å². The maximum absolute atomic E-state index is 11.6. The molecule has 2 aromatic rings. The van der Waals surface area contributed by atoms with E-state index in [1.54, 1.807) is 6.92 Å². The van der Waals surface area contributed by atoms with Crippen molar-refractivity contribution in [3.8, 4) is 0 Å². The number of ether oxygens (including phenoxy) is 1. The van der Waals surface area contributed by atoms with E-state index in [0.717, 1.165) is 22.3 Å². The van der Waals surface area contributed by atoms with Gasteiger partial charge in [0, 0.05) is 17.5 Å². The standard InChI is InChI=1S/C15H19NO4/c1-9(17)14(15(18)19-3)16-8-12-10(2)20-13-7-5-4-6-11(12)13/h4-7,9,14,16-17H,8H2,1-3H3/t9-,14+/m0/s1. The molecule has 20 heavy (non-hydrogen) atoms. The normalized spacial score (nSPS) is 14.2. The molecule has 0 unspecified atom stereocenters. The summed E-state index contributed by atoms with van der Waals surface area (Å²) in [6, 6.07) is 6.97. The Kier molecular flexibility index (Phi) is 4.42. The van der Waals surface area contributed by atoms with Gasteiger partial charge in [0.15, 0.2) is 0 Å². The van der Waals surface area contributed by atoms with Gasteiger partial charge in [-0.05, 0) is 19.9 Å². The number of aliphatic hydroxyl groups is 1. The van der Waals surface area contributed by atoms with Crippen LogP contribution in [-0.2, 0) is 16.1 Å². The number of benzene rings is 1. The maximum atomic E-state index is 11.6. The molecule has 0 amide bonds. The molecule has 1 heterocycles. The summed E-state index contributed by atoms with van der Waals surface area (Å²) in [4.78, 5) is 11.6. The fourth-order valence-corrected chi connectivity index (χ4v) is 2.23. The number of carbonyl (C=O) groups excluding carboxylic acids is 1. The van der Waals surface area contributed by atoms with Crippen molar-refractivity contribution in [3.63, 3.8) is 0 Å². The van der Waals surface area contributed by atoms with Crippen molar-refractivity contribution in [2.24, 2.45) is 0 Å². The van der Waals surface area contributed by atoms with Crippen LogP contribution in [0.5, 0.6) is 0 Å². The molecule has 1 aromatic heterocycles. The number of rotatable bonds is 5. The first-order chi connectivity index (χ1) is 9.54. The molecule has 5 heteroatoms. The molecule has 0 radical (unpaired) electrons. The number of aliphatic hydroxyl groups excluding tert-OH is 1. The minimum Gasteiger partial charge on any atom is -0.468 e. The highest BCUT2D eigenvalue weighted by Crippen LogP contribution is 2.25. The van der Waals surface area contributed by atoms with E-state index in [4.69, 9.17) is 4.42 Å². The topological polar surface area (TPSA) is 71.7 Å². The number of hydrogen-bond donors (Lipinski definition) is 2. The molecular weight excluding hydrogens is 258 g/mol. The summed E-state index contributed by atoms with van der Waals surface area (Å²) < 4.78 is 10.3. The third-order valence-corrected chi connectivity index (χ3v) is 3.34. The second-order valence-electron chi connectivity index (χ2n) is 4.76. The van der Waals surface area contributed by atoms with Gasteiger partial charge in [-0.25, -0.2) is 0 Å². The van der Waals surface area contributed by atoms with Gasteiger partial charge in [0.2, 0.25) is 0 Å². The molecule has 2 N–H and O–H groups in total. The zero-order valence-corrected chi connectivity index (χ0v) is 11.8. The van der Waals surface area contributed by atoms with Crippen molar-refractivity contribution in [2.45, 2.75) is 32.5 Å². The summed E-state index contributed by atoms with van der Waals surface area (Å²) in [5, 5.41) is 13.7. The van der Waals surface area contributed by atoms with E-state index in [1.165, 1.54) is 7.11 Å². The van der Waals surface area contributed by atoms with Crippen LogP contribution in [0.1, 0.15) is 18.2 Å². The van der Waals surface area contributed by atoms with E-state index in [2.05, 4.69) is 10.1 Å². The second-order valence-corrected chi connectivity index (χ2v) is 4.76. The number of fused-ring (bicyclic) bond motifs is 1. The van der Waals surface area contributed by atoms with Gasteiger partial charge in [-0.15, -0.1) is 0 Å². The Hall–Kier alpha value is -1.85. The monoisotopic (exact) mass is 277 g/mol. The Bertz CT molecular complexity index is 603. The Morgan fingerprint density at radius 1 is 1.45 bits per heavy atom. The van der Waals surface area contributed by atoms with E-state index in [9.17, 15) is 9.90 Å². The SMILES string of the molecule is COC(=O)[C@H](NCc1c(C)oc2ccccc12)[C@H](C)O. The van der Waals surface area contributed by atoms with E-state index in [-0.39, 0.29) is 0 Å². The number of nitrogens with one attached hydrogen (secondary N) is 1. The van der Waals surface area contributed by atoms with Gasteiger partial charge in [0.05, 0.1) is 13.2 Å². The van der Waals surface area contributed by atoms with Crippen LogP contribution >= 0.6 is 0 Å². The summed E-state index contributed by atoms with van der Waals surface area (Å²) in [5.41, 5.74) is 1.80. The number of esters is 1. The zero-order valence-electron chi connectivity index (χ0n) is 11.8. The van der Waals surface area contributed by atoms with E-state index >= 15 is 0 Å². The van der Waals surface area contributed by atoms with Gasteiger partial charge >= 0.3 is 5.97 Å². The molecule has 0 fully saturated rings. The van der Waals surface area contributed by atoms with E-state index < -0.39 is 18.1 Å². The molecule has 0 aliphatic carbocycles. The van der Waals surface area contributed by atoms with Crippen molar-refractivity contribution in [3.05, 3.63) is 35.6 Å². The van der Waals surface area contributed by atoms with Crippen LogP contribution in [0.25, 0.3) is 11.0 Å². The molecule has 2 rings (SSSR count). The fraction of sp³-hybridized carbons (Fsp3) is 0.400. The summed E-state index contributed by atoms with van der Waals surface area (Å²) in [6.07, 6.45) is -0.832. The first kappa shape index (κ1) is 14.6. The predicted octanol–water partition coefficient (Wildman–Crippen LogP) is 1.75. The quantitative estimate of drug-likeness (QED) is 0.815. The summed E-state index contributed by atoms with van der Waals surface area (Å²) in [6.45, 7) is 3.86. The van der Waals surface area contributed by atoms with Gasteiger partial charge in [-0.2, -0.15) is 0 Å². The smallest absolute Gasteiger partial charge is 0.325 e. The molecule has 0 spiro atoms. The van der Waals surface area contributed by atoms with Gasteiger partial charge in [0.25, 0.3) is 0 Å². The average Bonchev–Trinajstić information content (AvgIpc) is 2.74. The number of para-hydroxylation sites is 1. The van der Waals surface area contributed by atoms with Crippen molar-refractivity contribution in [2.75, 3.05) is 7.11 Å². The van der Waals surface area contributed by atoms with Crippen molar-refractivity contribution < 1.29 is 19.1 Å². The highest BCUT2D eigenvalue weighted by atomic mass is 16.5. The Morgan fingerprint density at radius 3 is 2.80 bits per heavy atom. The maximum Gasteiger partial charge on any atom is 0.325 e. The van der Waals surface area contributed by atoms with Crippen LogP contribution in [-0.4, -0.2) is 30.3 Å². The van der Waals surface area contributed by atoms with Gasteiger partial charge in [0.1, 0.15) is 17.4 Å². The lowest BCUT2D eigenvalue weighted by atomic mass is 10.1. The molecule has 0 aliphatic rings. The predicted molar refractivity (Wildman–Crippen MR) is 75.3 cm³/mol. The Morgan fingerprint density at radius 2 is 2.15 bits per heavy atom. The summed E-state index contributed by atoms with van der Waals surface area (Å²) in [5.74, 6) is 0.318. The molecule has 0 aliphatic heterocycles. The van der Waals surface area contributed by atoms with Crippen molar-refractivity contribution >= 4 is 16.9 Å². The highest BCUT2D eigenvalue weighted by molar-refractivity contribution is 5.82. The van der Waals surface area contributed by atoms with Gasteiger partial charge in [-0.3, -0.25) is 10.1 Å². The average molecular weight is 277 g/mol. The lowest BCUT2D eigenvalue weighted by Crippen LogP contribution is -2.45. The lowest BCUT2D eigenvalue weighted by Gasteiger charge is -2.18. The van der Waals surface area contributed by atoms with Crippen LogP contribution in [0.15, 0.2) is 28.7 Å². The molecule has 0 saturated heterocycles. The van der Waals surface area contributed by atoms with Gasteiger partial charge < -0.3 is 14.3 Å². The zero-order chi connectivity index (χ0) is 14.7. The van der Waals surface area contributed by atoms with Crippen LogP contribution in [0, 0.1) is 6.92 Å². The Balaban J connectivity index is 2.20. The number of furan rings is 1. The number of carbonyl (C=O) groups is 1. The molecular formula is C15H19NO4. The first-order valence-corrected chi connectivity index (χ1v) is 6.51. The molecule has 0 saturated carbocycles. The largest absolute Gasteiger partial charge is 0.468 e. The lowest BCUT2D eigenvalue weighted by molar-refractivity contribution is -0.145. The van der Waals surface area contributed by atoms with Crippen molar-refractivity contribution in [1.29, 1.82) is 0 Å². The minimum absolute atomic E-state index is 0.424. The van der Waals surface area contributed by atoms with Crippen LogP contribution in [0.2, 0.25) is 0 Å². The third kappa shape index (κ3) is 2.84. The number of aryl methyl sites for hydroxylation is 1. The van der Waals surface area contributed by atoms with E-state index in [0.29, 0.717) is 6.54 Å². The van der Waals surface area contributed by atoms with Crippen molar-refractivity contribution in [1.82, 2.24) is 5.32 Å². The number of methoxy groups -OCH3 is 1. The van der Waals surface area contributed by atoms with E-state index in [1.807, 2.05) is 31.2 Å². The van der Waals surface area contributed by atoms with Crippen LogP contribution in [0.3, 0.4) is 0 Å².